The first kappa shape index (κ1) is 24.9. The van der Waals surface area contributed by atoms with Crippen molar-refractivity contribution in [3.63, 3.8) is 0 Å². The van der Waals surface area contributed by atoms with Crippen LogP contribution in [0.1, 0.15) is 31.0 Å². The Bertz CT molecular complexity index is 1570. The Labute approximate surface area is 209 Å². The normalized spacial score (nSPS) is 15.3. The van der Waals surface area contributed by atoms with Gasteiger partial charge >= 0.3 is 5.97 Å². The number of rotatable bonds is 6. The molecular weight excluding hydrogens is 484 g/mol. The number of hydrogen-bond donors (Lipinski definition) is 1. The number of esters is 1. The van der Waals surface area contributed by atoms with Gasteiger partial charge in [-0.2, -0.15) is 0 Å². The maximum Gasteiger partial charge on any atom is 0.338 e. The van der Waals surface area contributed by atoms with Gasteiger partial charge in [-0.05, 0) is 43.7 Å². The summed E-state index contributed by atoms with van der Waals surface area (Å²) in [6.45, 7) is 3.56. The molecule has 3 aromatic rings. The Balaban J connectivity index is 1.95. The zero-order valence-corrected chi connectivity index (χ0v) is 20.9. The van der Waals surface area contributed by atoms with Gasteiger partial charge in [-0.15, -0.1) is 0 Å². The van der Waals surface area contributed by atoms with E-state index < -0.39 is 22.5 Å². The number of allylic oxidation sites excluding steroid dienone is 1. The molecule has 186 valence electrons. The molecule has 2 heterocycles. The molecule has 2 aromatic carbocycles. The maximum atomic E-state index is 13.6. The van der Waals surface area contributed by atoms with E-state index in [2.05, 4.69) is 4.99 Å². The van der Waals surface area contributed by atoms with E-state index in [-0.39, 0.29) is 33.7 Å². The molecule has 0 fully saturated rings. The van der Waals surface area contributed by atoms with Gasteiger partial charge in [0.1, 0.15) is 5.75 Å². The SMILES string of the molecule is CCOC(=O)C1=C(C)N=c2s/c(=C\c3cc([N+](=O)[O-])ccc3O)c(=O)n2C1c1ccc(N(C)C)cc1. The van der Waals surface area contributed by atoms with Crippen molar-refractivity contribution >= 4 is 34.8 Å². The number of fused-ring (bicyclic) bond motifs is 1. The second kappa shape index (κ2) is 9.78. The van der Waals surface area contributed by atoms with Gasteiger partial charge in [0.25, 0.3) is 11.2 Å². The Morgan fingerprint density at radius 2 is 1.97 bits per heavy atom. The topological polar surface area (TPSA) is 127 Å². The molecule has 1 unspecified atom stereocenters. The van der Waals surface area contributed by atoms with E-state index in [9.17, 15) is 24.8 Å². The maximum absolute atomic E-state index is 13.6. The Hall–Kier alpha value is -4.25. The lowest BCUT2D eigenvalue weighted by Crippen LogP contribution is -2.39. The molecule has 1 atom stereocenters. The van der Waals surface area contributed by atoms with E-state index in [1.165, 1.54) is 28.8 Å². The number of nitrogens with zero attached hydrogens (tertiary/aromatic N) is 4. The van der Waals surface area contributed by atoms with Crippen LogP contribution in [-0.2, 0) is 9.53 Å². The van der Waals surface area contributed by atoms with Crippen LogP contribution in [0.4, 0.5) is 11.4 Å². The van der Waals surface area contributed by atoms with Crippen LogP contribution in [0.5, 0.6) is 5.75 Å². The molecule has 4 rings (SSSR count). The molecule has 0 bridgehead atoms. The highest BCUT2D eigenvalue weighted by Gasteiger charge is 2.33. The molecule has 36 heavy (non-hydrogen) atoms. The van der Waals surface area contributed by atoms with Gasteiger partial charge in [-0.25, -0.2) is 9.79 Å². The molecule has 0 spiro atoms. The molecule has 10 nitrogen and oxygen atoms in total. The fourth-order valence-corrected chi connectivity index (χ4v) is 5.01. The summed E-state index contributed by atoms with van der Waals surface area (Å²) in [5, 5.41) is 21.4. The van der Waals surface area contributed by atoms with Crippen LogP contribution in [0.2, 0.25) is 0 Å². The van der Waals surface area contributed by atoms with Crippen LogP contribution < -0.4 is 19.8 Å². The fourth-order valence-electron chi connectivity index (χ4n) is 3.97. The summed E-state index contributed by atoms with van der Waals surface area (Å²) in [5.41, 5.74) is 1.80. The van der Waals surface area contributed by atoms with Crippen molar-refractivity contribution in [3.05, 3.63) is 94.7 Å². The fraction of sp³-hybridized carbons (Fsp3) is 0.240. The average Bonchev–Trinajstić information content (AvgIpc) is 3.14. The summed E-state index contributed by atoms with van der Waals surface area (Å²) in [4.78, 5) is 44.0. The first-order valence-corrected chi connectivity index (χ1v) is 11.9. The highest BCUT2D eigenvalue weighted by Crippen LogP contribution is 2.31. The van der Waals surface area contributed by atoms with Gasteiger partial charge < -0.3 is 14.7 Å². The number of hydrogen-bond acceptors (Lipinski definition) is 9. The minimum Gasteiger partial charge on any atom is -0.507 e. The number of nitro benzene ring substituents is 1. The lowest BCUT2D eigenvalue weighted by molar-refractivity contribution is -0.384. The molecule has 1 N–H and O–H groups in total. The second-order valence-corrected chi connectivity index (χ2v) is 9.30. The smallest absolute Gasteiger partial charge is 0.338 e. The third-order valence-corrected chi connectivity index (χ3v) is 6.73. The highest BCUT2D eigenvalue weighted by molar-refractivity contribution is 7.07. The van der Waals surface area contributed by atoms with Gasteiger partial charge in [0.05, 0.1) is 33.4 Å². The van der Waals surface area contributed by atoms with E-state index in [0.717, 1.165) is 17.0 Å². The highest BCUT2D eigenvalue weighted by atomic mass is 32.1. The zero-order chi connectivity index (χ0) is 26.1. The number of benzene rings is 2. The van der Waals surface area contributed by atoms with Crippen molar-refractivity contribution < 1.29 is 19.6 Å². The summed E-state index contributed by atoms with van der Waals surface area (Å²) in [7, 11) is 3.82. The Morgan fingerprint density at radius 3 is 2.58 bits per heavy atom. The van der Waals surface area contributed by atoms with Crippen LogP contribution in [0.25, 0.3) is 6.08 Å². The average molecular weight is 509 g/mol. The molecular formula is C25H24N4O6S. The third kappa shape index (κ3) is 4.52. The molecule has 0 saturated carbocycles. The van der Waals surface area contributed by atoms with E-state index >= 15 is 0 Å². The van der Waals surface area contributed by atoms with Crippen molar-refractivity contribution in [1.29, 1.82) is 0 Å². The van der Waals surface area contributed by atoms with Crippen LogP contribution >= 0.6 is 11.3 Å². The van der Waals surface area contributed by atoms with Crippen molar-refractivity contribution in [2.75, 3.05) is 25.6 Å². The number of thiazole rings is 1. The second-order valence-electron chi connectivity index (χ2n) is 8.29. The quantitative estimate of drug-likeness (QED) is 0.308. The number of aromatic nitrogens is 1. The number of phenolic OH excluding ortho intramolecular Hbond substituents is 1. The molecule has 0 amide bonds. The van der Waals surface area contributed by atoms with Gasteiger partial charge in [-0.3, -0.25) is 19.5 Å². The number of aromatic hydroxyl groups is 1. The minimum absolute atomic E-state index is 0.127. The first-order valence-electron chi connectivity index (χ1n) is 11.1. The number of ether oxygens (including phenoxy) is 1. The van der Waals surface area contributed by atoms with E-state index in [1.54, 1.807) is 13.8 Å². The number of carbonyl (C=O) groups excluding carboxylic acids is 1. The number of nitro groups is 1. The number of anilines is 1. The van der Waals surface area contributed by atoms with E-state index in [4.69, 9.17) is 4.74 Å². The molecule has 1 aliphatic heterocycles. The lowest BCUT2D eigenvalue weighted by Gasteiger charge is -2.25. The number of non-ortho nitro benzene ring substituents is 1. The molecule has 0 aliphatic carbocycles. The molecule has 1 aliphatic rings. The van der Waals surface area contributed by atoms with Crippen LogP contribution in [0.15, 0.2) is 63.5 Å². The third-order valence-electron chi connectivity index (χ3n) is 5.75. The number of phenols is 1. The zero-order valence-electron chi connectivity index (χ0n) is 20.1. The van der Waals surface area contributed by atoms with Gasteiger partial charge in [0, 0.05) is 37.5 Å². The van der Waals surface area contributed by atoms with Crippen LogP contribution in [-0.4, -0.2) is 41.3 Å². The standard InChI is InChI=1S/C25H24N4O6S/c1-5-35-24(32)21-14(2)26-25-28(22(21)15-6-8-17(9-7-15)27(3)4)23(31)20(36-25)13-16-12-18(29(33)34)10-11-19(16)30/h6-13,22,30H,5H2,1-4H3/b20-13-. The molecule has 0 radical (unpaired) electrons. The predicted molar refractivity (Wildman–Crippen MR) is 136 cm³/mol. The number of carbonyl (C=O) groups is 1. The van der Waals surface area contributed by atoms with Crippen LogP contribution in [0, 0.1) is 10.1 Å². The molecule has 0 saturated heterocycles. The summed E-state index contributed by atoms with van der Waals surface area (Å²) in [6.07, 6.45) is 1.39. The Kier molecular flexibility index (Phi) is 6.75. The largest absolute Gasteiger partial charge is 0.507 e. The first-order chi connectivity index (χ1) is 17.1. The lowest BCUT2D eigenvalue weighted by atomic mass is 9.95. The van der Waals surface area contributed by atoms with Gasteiger partial charge in [0.2, 0.25) is 0 Å². The van der Waals surface area contributed by atoms with Crippen molar-refractivity contribution in [2.45, 2.75) is 19.9 Å². The summed E-state index contributed by atoms with van der Waals surface area (Å²) in [6, 6.07) is 10.3. The van der Waals surface area contributed by atoms with Crippen LogP contribution in [0.3, 0.4) is 0 Å². The predicted octanol–water partition coefficient (Wildman–Crippen LogP) is 2.48. The molecule has 11 heteroatoms. The monoisotopic (exact) mass is 508 g/mol. The van der Waals surface area contributed by atoms with E-state index in [1.807, 2.05) is 43.3 Å². The van der Waals surface area contributed by atoms with E-state index in [0.29, 0.717) is 16.1 Å². The molecule has 1 aromatic heterocycles. The van der Waals surface area contributed by atoms with Crippen molar-refractivity contribution in [3.8, 4) is 5.75 Å². The van der Waals surface area contributed by atoms with Gasteiger partial charge in [0.15, 0.2) is 4.80 Å². The Morgan fingerprint density at radius 1 is 1.28 bits per heavy atom. The van der Waals surface area contributed by atoms with Gasteiger partial charge in [-0.1, -0.05) is 23.5 Å². The summed E-state index contributed by atoms with van der Waals surface area (Å²) < 4.78 is 6.92. The minimum atomic E-state index is -0.780. The summed E-state index contributed by atoms with van der Waals surface area (Å²) >= 11 is 1.07. The van der Waals surface area contributed by atoms with Crippen molar-refractivity contribution in [1.82, 2.24) is 4.57 Å². The summed E-state index contributed by atoms with van der Waals surface area (Å²) in [5.74, 6) is -0.767. The van der Waals surface area contributed by atoms with Crippen molar-refractivity contribution in [2.24, 2.45) is 4.99 Å².